The van der Waals surface area contributed by atoms with Gasteiger partial charge in [0.1, 0.15) is 5.78 Å². The SMILES string of the molecule is CC(=O)[C@@H]1C/C=C\CCC[C@H](C)C(O[Si](C)(C)C(C)(C)C)[C@@H](C)C(=O)C(C)(C)[C@@H](O[Si](C)(C)C(C)(C)C)CC(=O)O1. The summed E-state index contributed by atoms with van der Waals surface area (Å²) < 4.78 is 19.6. The van der Waals surface area contributed by atoms with Gasteiger partial charge < -0.3 is 13.6 Å². The summed E-state index contributed by atoms with van der Waals surface area (Å²) in [6, 6.07) is 0. The Morgan fingerprint density at radius 2 is 1.44 bits per heavy atom. The van der Waals surface area contributed by atoms with Gasteiger partial charge in [0.15, 0.2) is 28.5 Å². The number of cyclic esters (lactones) is 1. The quantitative estimate of drug-likeness (QED) is 0.176. The maximum absolute atomic E-state index is 14.5. The average molecular weight is 611 g/mol. The molecule has 0 bridgehead atoms. The third kappa shape index (κ3) is 10.2. The first kappa shape index (κ1) is 37.9. The molecule has 0 aromatic heterocycles. The molecule has 0 aliphatic carbocycles. The molecule has 0 amide bonds. The first-order valence-electron chi connectivity index (χ1n) is 15.6. The van der Waals surface area contributed by atoms with Crippen LogP contribution < -0.4 is 0 Å². The predicted molar refractivity (Wildman–Crippen MR) is 174 cm³/mol. The number of Topliss-reactive ketones (excluding diaryl/α,β-unsaturated/α-hetero) is 2. The van der Waals surface area contributed by atoms with Gasteiger partial charge in [0.05, 0.1) is 18.6 Å². The molecular formula is C33H62O6Si2. The second-order valence-electron chi connectivity index (χ2n) is 16.0. The highest BCUT2D eigenvalue weighted by Crippen LogP contribution is 2.44. The van der Waals surface area contributed by atoms with E-state index in [4.69, 9.17) is 13.6 Å². The molecule has 1 unspecified atom stereocenters. The van der Waals surface area contributed by atoms with Gasteiger partial charge in [-0.15, -0.1) is 0 Å². The first-order chi connectivity index (χ1) is 18.3. The minimum atomic E-state index is -2.38. The Hall–Kier alpha value is -1.10. The lowest BCUT2D eigenvalue weighted by molar-refractivity contribution is -0.158. The van der Waals surface area contributed by atoms with Gasteiger partial charge in [-0.05, 0) is 68.4 Å². The minimum absolute atomic E-state index is 0.00792. The summed E-state index contributed by atoms with van der Waals surface area (Å²) >= 11 is 0. The zero-order valence-corrected chi connectivity index (χ0v) is 31.0. The van der Waals surface area contributed by atoms with Gasteiger partial charge in [0.2, 0.25) is 0 Å². The van der Waals surface area contributed by atoms with Crippen LogP contribution in [-0.4, -0.2) is 52.5 Å². The molecule has 1 heterocycles. The van der Waals surface area contributed by atoms with E-state index in [1.54, 1.807) is 0 Å². The standard InChI is InChI=1S/C33H62O6Si2/c1-23-20-18-16-17-19-21-26(25(3)34)37-28(35)22-27(38-40(12,13)31(4,5)6)33(10,11)30(36)24(2)29(23)39-41(14,15)32(7,8)9/h17,19,23-24,26-27,29H,16,18,20-22H2,1-15H3/b19-17-/t23-,24+,26-,27-,29?/m0/s1. The van der Waals surface area contributed by atoms with Crippen LogP contribution in [0.5, 0.6) is 0 Å². The van der Waals surface area contributed by atoms with Crippen molar-refractivity contribution < 1.29 is 28.0 Å². The summed E-state index contributed by atoms with van der Waals surface area (Å²) in [5.41, 5.74) is -0.981. The molecule has 0 saturated heterocycles. The molecule has 0 N–H and O–H groups in total. The van der Waals surface area contributed by atoms with Crippen LogP contribution in [0.4, 0.5) is 0 Å². The van der Waals surface area contributed by atoms with E-state index in [0.717, 1.165) is 19.3 Å². The average Bonchev–Trinajstić information content (AvgIpc) is 2.80. The van der Waals surface area contributed by atoms with Gasteiger partial charge in [-0.25, -0.2) is 0 Å². The number of rotatable bonds is 5. The lowest BCUT2D eigenvalue weighted by Crippen LogP contribution is -2.54. The van der Waals surface area contributed by atoms with Crippen LogP contribution in [0.25, 0.3) is 0 Å². The molecule has 41 heavy (non-hydrogen) atoms. The van der Waals surface area contributed by atoms with Crippen molar-refractivity contribution in [2.75, 3.05) is 0 Å². The van der Waals surface area contributed by atoms with Crippen LogP contribution >= 0.6 is 0 Å². The second-order valence-corrected chi connectivity index (χ2v) is 25.5. The highest BCUT2D eigenvalue weighted by Gasteiger charge is 2.50. The van der Waals surface area contributed by atoms with Crippen molar-refractivity contribution in [3.8, 4) is 0 Å². The van der Waals surface area contributed by atoms with Crippen molar-refractivity contribution in [2.45, 2.75) is 163 Å². The molecule has 0 spiro atoms. The van der Waals surface area contributed by atoms with E-state index in [1.807, 2.05) is 26.8 Å². The third-order valence-corrected chi connectivity index (χ3v) is 19.0. The van der Waals surface area contributed by atoms with Crippen molar-refractivity contribution in [1.82, 2.24) is 0 Å². The van der Waals surface area contributed by atoms with E-state index in [-0.39, 0.29) is 46.0 Å². The van der Waals surface area contributed by atoms with E-state index >= 15 is 0 Å². The zero-order chi connectivity index (χ0) is 32.2. The Kier molecular flexibility index (Phi) is 13.1. The Labute approximate surface area is 254 Å². The van der Waals surface area contributed by atoms with Gasteiger partial charge in [-0.3, -0.25) is 14.4 Å². The lowest BCUT2D eigenvalue weighted by Gasteiger charge is -2.46. The molecule has 6 nitrogen and oxygen atoms in total. The molecule has 0 aromatic rings. The summed E-state index contributed by atoms with van der Waals surface area (Å²) in [6.45, 7) is 31.3. The van der Waals surface area contributed by atoms with Gasteiger partial charge in [-0.2, -0.15) is 0 Å². The van der Waals surface area contributed by atoms with Crippen LogP contribution in [-0.2, 0) is 28.0 Å². The van der Waals surface area contributed by atoms with Gasteiger partial charge in [0, 0.05) is 17.8 Å². The zero-order valence-electron chi connectivity index (χ0n) is 29.0. The van der Waals surface area contributed by atoms with E-state index in [2.05, 4.69) is 80.7 Å². The highest BCUT2D eigenvalue weighted by molar-refractivity contribution is 6.74. The topological polar surface area (TPSA) is 78.9 Å². The molecule has 1 aliphatic rings. The molecule has 5 atom stereocenters. The number of esters is 1. The summed E-state index contributed by atoms with van der Waals surface area (Å²) in [6.07, 6.45) is 5.23. The third-order valence-electron chi connectivity index (χ3n) is 10.0. The van der Waals surface area contributed by atoms with Gasteiger partial charge >= 0.3 is 5.97 Å². The predicted octanol–water partition coefficient (Wildman–Crippen LogP) is 8.66. The summed E-state index contributed by atoms with van der Waals surface area (Å²) in [5, 5.41) is -0.111. The van der Waals surface area contributed by atoms with Crippen LogP contribution in [0.1, 0.15) is 108 Å². The molecule has 0 aromatic carbocycles. The molecule has 1 aliphatic heterocycles. The van der Waals surface area contributed by atoms with Crippen LogP contribution in [0, 0.1) is 17.3 Å². The number of carbonyl (C=O) groups excluding carboxylic acids is 3. The maximum atomic E-state index is 14.5. The molecular weight excluding hydrogens is 549 g/mol. The number of carbonyl (C=O) groups is 3. The van der Waals surface area contributed by atoms with Crippen LogP contribution in [0.2, 0.25) is 36.3 Å². The molecule has 0 radical (unpaired) electrons. The maximum Gasteiger partial charge on any atom is 0.309 e. The molecule has 1 rings (SSSR count). The molecule has 0 saturated carbocycles. The van der Waals surface area contributed by atoms with E-state index in [1.165, 1.54) is 6.92 Å². The fourth-order valence-electron chi connectivity index (χ4n) is 4.81. The largest absolute Gasteiger partial charge is 0.454 e. The van der Waals surface area contributed by atoms with E-state index in [9.17, 15) is 14.4 Å². The number of ketones is 2. The number of hydrogen-bond donors (Lipinski definition) is 0. The van der Waals surface area contributed by atoms with Crippen molar-refractivity contribution in [2.24, 2.45) is 17.3 Å². The van der Waals surface area contributed by atoms with Crippen molar-refractivity contribution in [1.29, 1.82) is 0 Å². The smallest absolute Gasteiger partial charge is 0.309 e. The lowest BCUT2D eigenvalue weighted by atomic mass is 9.73. The van der Waals surface area contributed by atoms with Gasteiger partial charge in [0.25, 0.3) is 0 Å². The van der Waals surface area contributed by atoms with Crippen molar-refractivity contribution in [3.63, 3.8) is 0 Å². The monoisotopic (exact) mass is 610 g/mol. The summed E-state index contributed by atoms with van der Waals surface area (Å²) in [7, 11) is -4.56. The first-order valence-corrected chi connectivity index (χ1v) is 21.4. The van der Waals surface area contributed by atoms with Crippen LogP contribution in [0.3, 0.4) is 0 Å². The highest BCUT2D eigenvalue weighted by atomic mass is 28.4. The summed E-state index contributed by atoms with van der Waals surface area (Å²) in [5.74, 6) is -0.863. The Bertz CT molecular complexity index is 938. The van der Waals surface area contributed by atoms with Crippen molar-refractivity contribution in [3.05, 3.63) is 12.2 Å². The Morgan fingerprint density at radius 1 is 0.927 bits per heavy atom. The molecule has 238 valence electrons. The Morgan fingerprint density at radius 3 is 1.93 bits per heavy atom. The fourth-order valence-corrected chi connectivity index (χ4v) is 7.73. The van der Waals surface area contributed by atoms with E-state index < -0.39 is 40.2 Å². The number of hydrogen-bond acceptors (Lipinski definition) is 6. The Balaban J connectivity index is 3.66. The molecule has 8 heteroatoms. The molecule has 0 fully saturated rings. The number of ether oxygens (including phenoxy) is 1. The normalized spacial score (nSPS) is 29.1. The number of allylic oxidation sites excluding steroid dienone is 1. The van der Waals surface area contributed by atoms with E-state index in [0.29, 0.717) is 6.42 Å². The van der Waals surface area contributed by atoms with Crippen LogP contribution in [0.15, 0.2) is 12.2 Å². The fraction of sp³-hybridized carbons (Fsp3) is 0.848. The second kappa shape index (κ2) is 14.1. The minimum Gasteiger partial charge on any atom is -0.454 e. The summed E-state index contributed by atoms with van der Waals surface area (Å²) in [4.78, 5) is 40.2. The van der Waals surface area contributed by atoms with Crippen molar-refractivity contribution >= 4 is 34.2 Å². The van der Waals surface area contributed by atoms with Gasteiger partial charge in [-0.1, -0.05) is 81.4 Å².